The van der Waals surface area contributed by atoms with Gasteiger partial charge in [0.2, 0.25) is 5.95 Å². The second-order valence-corrected chi connectivity index (χ2v) is 11.1. The molecule has 1 aliphatic heterocycles. The molecule has 3 unspecified atom stereocenters. The van der Waals surface area contributed by atoms with E-state index in [2.05, 4.69) is 15.3 Å². The summed E-state index contributed by atoms with van der Waals surface area (Å²) in [6.07, 6.45) is 1.12. The number of nitrogens with one attached hydrogen (secondary N) is 1. The highest BCUT2D eigenvalue weighted by molar-refractivity contribution is 6.35. The van der Waals surface area contributed by atoms with E-state index in [9.17, 15) is 0 Å². The SMILES string of the molecule is Cc1ccc(OCC2OC(n3cnc4c(Cl)nc(Nc5cc(Cl)cc(Cl)c5)nc43)CC2Oc2ccc(C)cc2)cc1. The van der Waals surface area contributed by atoms with Crippen molar-refractivity contribution in [1.29, 1.82) is 0 Å². The highest BCUT2D eigenvalue weighted by Gasteiger charge is 2.39. The quantitative estimate of drug-likeness (QED) is 0.178. The molecular formula is C30H26Cl3N5O3. The number of halogens is 3. The third-order valence-electron chi connectivity index (χ3n) is 6.73. The van der Waals surface area contributed by atoms with Crippen LogP contribution in [0.3, 0.4) is 0 Å². The molecule has 0 aliphatic carbocycles. The van der Waals surface area contributed by atoms with Gasteiger partial charge in [-0.25, -0.2) is 4.98 Å². The van der Waals surface area contributed by atoms with Gasteiger partial charge in [0.25, 0.3) is 0 Å². The van der Waals surface area contributed by atoms with Crippen molar-refractivity contribution in [2.24, 2.45) is 0 Å². The van der Waals surface area contributed by atoms with Crippen LogP contribution in [0.1, 0.15) is 23.8 Å². The number of aryl methyl sites for hydroxylation is 2. The van der Waals surface area contributed by atoms with Crippen molar-refractivity contribution in [3.8, 4) is 11.5 Å². The molecule has 6 rings (SSSR count). The maximum absolute atomic E-state index is 6.51. The van der Waals surface area contributed by atoms with E-state index in [0.717, 1.165) is 22.6 Å². The van der Waals surface area contributed by atoms with Crippen molar-refractivity contribution in [2.45, 2.75) is 38.7 Å². The van der Waals surface area contributed by atoms with Gasteiger partial charge < -0.3 is 19.5 Å². The monoisotopic (exact) mass is 609 g/mol. The third kappa shape index (κ3) is 6.36. The Labute approximate surface area is 252 Å². The van der Waals surface area contributed by atoms with Crippen molar-refractivity contribution in [3.63, 3.8) is 0 Å². The molecule has 0 bridgehead atoms. The molecule has 0 spiro atoms. The molecule has 0 amide bonds. The molecule has 1 aliphatic rings. The zero-order chi connectivity index (χ0) is 28.5. The minimum Gasteiger partial charge on any atom is -0.491 e. The highest BCUT2D eigenvalue weighted by Crippen LogP contribution is 2.35. The summed E-state index contributed by atoms with van der Waals surface area (Å²) in [5.74, 6) is 1.80. The fourth-order valence-electron chi connectivity index (χ4n) is 4.65. The smallest absolute Gasteiger partial charge is 0.230 e. The van der Waals surface area contributed by atoms with Crippen LogP contribution in [0, 0.1) is 13.8 Å². The van der Waals surface area contributed by atoms with E-state index >= 15 is 0 Å². The minimum absolute atomic E-state index is 0.203. The second-order valence-electron chi connectivity index (χ2n) is 9.90. The lowest BCUT2D eigenvalue weighted by Crippen LogP contribution is -2.32. The van der Waals surface area contributed by atoms with Gasteiger partial charge in [-0.15, -0.1) is 0 Å². The first-order valence-electron chi connectivity index (χ1n) is 13.0. The van der Waals surface area contributed by atoms with Crippen LogP contribution < -0.4 is 14.8 Å². The van der Waals surface area contributed by atoms with Gasteiger partial charge in [0.05, 0.1) is 6.33 Å². The minimum atomic E-state index is -0.429. The molecule has 3 aromatic carbocycles. The summed E-state index contributed by atoms with van der Waals surface area (Å²) in [4.78, 5) is 13.5. The summed E-state index contributed by atoms with van der Waals surface area (Å²) in [5.41, 5.74) is 3.92. The van der Waals surface area contributed by atoms with Crippen LogP contribution in [-0.2, 0) is 4.74 Å². The number of ether oxygens (including phenoxy) is 3. The van der Waals surface area contributed by atoms with E-state index in [4.69, 9.17) is 54.0 Å². The van der Waals surface area contributed by atoms with E-state index in [0.29, 0.717) is 39.9 Å². The van der Waals surface area contributed by atoms with E-state index in [1.165, 1.54) is 0 Å². The fraction of sp³-hybridized carbons (Fsp3) is 0.233. The number of rotatable bonds is 8. The molecule has 41 heavy (non-hydrogen) atoms. The number of imidazole rings is 1. The van der Waals surface area contributed by atoms with Crippen LogP contribution in [0.5, 0.6) is 11.5 Å². The molecule has 11 heteroatoms. The van der Waals surface area contributed by atoms with Gasteiger partial charge in [0, 0.05) is 22.2 Å². The van der Waals surface area contributed by atoms with Crippen LogP contribution in [0.15, 0.2) is 73.1 Å². The summed E-state index contributed by atoms with van der Waals surface area (Å²) in [6, 6.07) is 21.0. The topological polar surface area (TPSA) is 83.3 Å². The molecule has 3 atom stereocenters. The highest BCUT2D eigenvalue weighted by atomic mass is 35.5. The van der Waals surface area contributed by atoms with Gasteiger partial charge in [0.15, 0.2) is 10.8 Å². The lowest BCUT2D eigenvalue weighted by atomic mass is 10.1. The summed E-state index contributed by atoms with van der Waals surface area (Å²) < 4.78 is 20.9. The van der Waals surface area contributed by atoms with Crippen LogP contribution in [0.25, 0.3) is 11.2 Å². The zero-order valence-corrected chi connectivity index (χ0v) is 24.5. The van der Waals surface area contributed by atoms with E-state index < -0.39 is 6.23 Å². The van der Waals surface area contributed by atoms with E-state index in [-0.39, 0.29) is 23.3 Å². The van der Waals surface area contributed by atoms with Gasteiger partial charge in [0.1, 0.15) is 42.1 Å². The molecule has 5 aromatic rings. The molecule has 210 valence electrons. The number of anilines is 2. The Morgan fingerprint density at radius 3 is 2.24 bits per heavy atom. The summed E-state index contributed by atoms with van der Waals surface area (Å²) in [7, 11) is 0. The molecule has 8 nitrogen and oxygen atoms in total. The van der Waals surface area contributed by atoms with Gasteiger partial charge in [-0.1, -0.05) is 70.2 Å². The number of nitrogens with zero attached hydrogens (tertiary/aromatic N) is 4. The number of benzene rings is 3. The number of fused-ring (bicyclic) bond motifs is 1. The number of hydrogen-bond donors (Lipinski definition) is 1. The first kappa shape index (κ1) is 27.6. The number of aromatic nitrogens is 4. The first-order valence-corrected chi connectivity index (χ1v) is 14.2. The van der Waals surface area contributed by atoms with Crippen molar-refractivity contribution >= 4 is 57.6 Å². The van der Waals surface area contributed by atoms with Crippen LogP contribution in [-0.4, -0.2) is 38.3 Å². The molecule has 3 heterocycles. The molecular weight excluding hydrogens is 585 g/mol. The van der Waals surface area contributed by atoms with Crippen molar-refractivity contribution in [2.75, 3.05) is 11.9 Å². The van der Waals surface area contributed by atoms with Crippen molar-refractivity contribution in [3.05, 3.63) is 99.4 Å². The Bertz CT molecular complexity index is 1660. The maximum atomic E-state index is 6.51. The Balaban J connectivity index is 1.27. The Morgan fingerprint density at radius 2 is 1.56 bits per heavy atom. The average molecular weight is 611 g/mol. The van der Waals surface area contributed by atoms with Crippen LogP contribution in [0.4, 0.5) is 11.6 Å². The van der Waals surface area contributed by atoms with Gasteiger partial charge in [-0.05, 0) is 56.3 Å². The second kappa shape index (κ2) is 11.7. The van der Waals surface area contributed by atoms with Crippen LogP contribution in [0.2, 0.25) is 15.2 Å². The van der Waals surface area contributed by atoms with E-state index in [1.54, 1.807) is 24.5 Å². The maximum Gasteiger partial charge on any atom is 0.230 e. The fourth-order valence-corrected chi connectivity index (χ4v) is 5.39. The normalized spacial score (nSPS) is 18.5. The summed E-state index contributed by atoms with van der Waals surface area (Å²) in [6.45, 7) is 4.38. The molecule has 1 saturated heterocycles. The van der Waals surface area contributed by atoms with Gasteiger partial charge >= 0.3 is 0 Å². The Morgan fingerprint density at radius 1 is 0.902 bits per heavy atom. The zero-order valence-electron chi connectivity index (χ0n) is 22.2. The van der Waals surface area contributed by atoms with Crippen molar-refractivity contribution < 1.29 is 14.2 Å². The summed E-state index contributed by atoms with van der Waals surface area (Å²) >= 11 is 18.8. The van der Waals surface area contributed by atoms with Crippen molar-refractivity contribution in [1.82, 2.24) is 19.5 Å². The standard InChI is InChI=1S/C30H26Cl3N5O3/c1-17-3-7-22(8-4-17)39-15-25-24(40-23-9-5-18(2)6-10-23)14-26(41-25)38-16-34-27-28(33)36-30(37-29(27)38)35-21-12-19(31)11-20(32)13-21/h3-13,16,24-26H,14-15H2,1-2H3,(H,35,36,37). The predicted octanol–water partition coefficient (Wildman–Crippen LogP) is 7.96. The average Bonchev–Trinajstić information content (AvgIpc) is 3.53. The molecule has 1 N–H and O–H groups in total. The molecule has 1 fully saturated rings. The molecule has 2 aromatic heterocycles. The largest absolute Gasteiger partial charge is 0.491 e. The lowest BCUT2D eigenvalue weighted by molar-refractivity contribution is -0.0341. The molecule has 0 radical (unpaired) electrons. The van der Waals surface area contributed by atoms with Crippen LogP contribution >= 0.6 is 34.8 Å². The predicted molar refractivity (Wildman–Crippen MR) is 161 cm³/mol. The third-order valence-corrected chi connectivity index (χ3v) is 7.43. The van der Waals surface area contributed by atoms with E-state index in [1.807, 2.05) is 66.9 Å². The molecule has 0 saturated carbocycles. The Hall–Kier alpha value is -3.56. The van der Waals surface area contributed by atoms with Gasteiger partial charge in [-0.2, -0.15) is 9.97 Å². The summed E-state index contributed by atoms with van der Waals surface area (Å²) in [5, 5.41) is 4.29. The Kier molecular flexibility index (Phi) is 7.90. The first-order chi connectivity index (χ1) is 19.8. The van der Waals surface area contributed by atoms with Gasteiger partial charge in [-0.3, -0.25) is 4.57 Å². The number of hydrogen-bond acceptors (Lipinski definition) is 7. The lowest BCUT2D eigenvalue weighted by Gasteiger charge is -2.20.